The van der Waals surface area contributed by atoms with E-state index in [4.69, 9.17) is 32.7 Å². The summed E-state index contributed by atoms with van der Waals surface area (Å²) in [5, 5.41) is 18.8. The minimum Gasteiger partial charge on any atom is -0.479 e. The lowest BCUT2D eigenvalue weighted by atomic mass is 9.92. The first-order valence-corrected chi connectivity index (χ1v) is 14.9. The van der Waals surface area contributed by atoms with Crippen molar-refractivity contribution < 1.29 is 24.2 Å². The topological polar surface area (TPSA) is 154 Å². The zero-order chi connectivity index (χ0) is 34.1. The second kappa shape index (κ2) is 13.4. The smallest absolute Gasteiger partial charge is 0.416 e. The number of nitrogens with zero attached hydrogens (tertiary/aromatic N) is 6. The number of aromatic carboxylic acids is 1. The van der Waals surface area contributed by atoms with E-state index in [0.29, 0.717) is 27.5 Å². The molecule has 0 saturated carbocycles. The van der Waals surface area contributed by atoms with Crippen molar-refractivity contribution in [3.63, 3.8) is 0 Å². The van der Waals surface area contributed by atoms with Crippen molar-refractivity contribution in [3.05, 3.63) is 85.6 Å². The number of methoxy groups -OCH3 is 1. The standard InChI is InChI=1S/C31H35Cl2N7O6/c1-16(2)25-22(23(17-9-11-18(32)12-10-17)35-19-13-20(33)27(41)38(6)15-19)24(28(42)43)37-40(25)21-14-34-29(36-26(21)45-8)39(7)30(44)46-31(3,4)5/h9-16,23,35H,1-8H3,(H,42,43). The molecule has 0 aliphatic carbocycles. The number of benzene rings is 1. The Kier molecular flexibility index (Phi) is 9.97. The van der Waals surface area contributed by atoms with Crippen LogP contribution in [0.25, 0.3) is 5.69 Å². The number of carbonyl (C=O) groups is 2. The first-order chi connectivity index (χ1) is 21.5. The highest BCUT2D eigenvalue weighted by atomic mass is 35.5. The van der Waals surface area contributed by atoms with Crippen LogP contribution in [0.2, 0.25) is 10.0 Å². The number of anilines is 2. The molecule has 1 aromatic carbocycles. The number of halogens is 2. The van der Waals surface area contributed by atoms with Crippen LogP contribution in [0.15, 0.2) is 47.5 Å². The Labute approximate surface area is 275 Å². The summed E-state index contributed by atoms with van der Waals surface area (Å²) >= 11 is 12.4. The summed E-state index contributed by atoms with van der Waals surface area (Å²) in [6.45, 7) is 9.01. The molecule has 46 heavy (non-hydrogen) atoms. The first kappa shape index (κ1) is 34.3. The first-order valence-electron chi connectivity index (χ1n) is 14.1. The SMILES string of the molecule is COc1nc(N(C)C(=O)OC(C)(C)C)ncc1-n1nc(C(=O)O)c(C(Nc2cc(Cl)c(=O)n(C)c2)c2ccc(Cl)cc2)c1C(C)C. The number of nitrogens with one attached hydrogen (secondary N) is 1. The van der Waals surface area contributed by atoms with E-state index in [1.165, 1.54) is 35.7 Å². The van der Waals surface area contributed by atoms with Crippen molar-refractivity contribution in [3.8, 4) is 11.6 Å². The Morgan fingerprint density at radius 2 is 1.78 bits per heavy atom. The summed E-state index contributed by atoms with van der Waals surface area (Å²) in [4.78, 5) is 47.7. The second-order valence-corrected chi connectivity index (χ2v) is 12.6. The molecule has 1 amide bonds. The quantitative estimate of drug-likeness (QED) is 0.214. The van der Waals surface area contributed by atoms with Gasteiger partial charge in [-0.1, -0.05) is 49.2 Å². The summed E-state index contributed by atoms with van der Waals surface area (Å²) in [7, 11) is 4.42. The van der Waals surface area contributed by atoms with Crippen LogP contribution in [0.4, 0.5) is 16.4 Å². The van der Waals surface area contributed by atoms with E-state index in [2.05, 4.69) is 20.4 Å². The van der Waals surface area contributed by atoms with Crippen LogP contribution in [-0.4, -0.2) is 61.2 Å². The fraction of sp³-hybridized carbons (Fsp3) is 0.355. The molecule has 1 unspecified atom stereocenters. The van der Waals surface area contributed by atoms with Gasteiger partial charge in [-0.2, -0.15) is 10.1 Å². The van der Waals surface area contributed by atoms with E-state index in [1.54, 1.807) is 58.3 Å². The zero-order valence-electron chi connectivity index (χ0n) is 26.6. The van der Waals surface area contributed by atoms with Crippen LogP contribution in [0.1, 0.15) is 73.9 Å². The zero-order valence-corrected chi connectivity index (χ0v) is 28.1. The van der Waals surface area contributed by atoms with Crippen LogP contribution < -0.4 is 20.5 Å². The van der Waals surface area contributed by atoms with Crippen molar-refractivity contribution >= 4 is 46.9 Å². The van der Waals surface area contributed by atoms with Crippen molar-refractivity contribution in [2.45, 2.75) is 52.2 Å². The maximum absolute atomic E-state index is 12.8. The van der Waals surface area contributed by atoms with Gasteiger partial charge in [0.1, 0.15) is 16.3 Å². The number of rotatable bonds is 9. The molecular formula is C31H35Cl2N7O6. The molecule has 0 radical (unpaired) electrons. The number of hydrogen-bond acceptors (Lipinski definition) is 9. The summed E-state index contributed by atoms with van der Waals surface area (Å²) in [5.74, 6) is -1.53. The Hall–Kier alpha value is -4.62. The number of pyridine rings is 1. The number of hydrogen-bond donors (Lipinski definition) is 2. The molecule has 3 aromatic heterocycles. The van der Waals surface area contributed by atoms with E-state index in [1.807, 2.05) is 13.8 Å². The van der Waals surface area contributed by atoms with Gasteiger partial charge in [-0.15, -0.1) is 0 Å². The molecular weight excluding hydrogens is 637 g/mol. The molecule has 1 atom stereocenters. The maximum atomic E-state index is 12.8. The molecule has 0 aliphatic rings. The average Bonchev–Trinajstić information content (AvgIpc) is 3.38. The lowest BCUT2D eigenvalue weighted by Gasteiger charge is -2.24. The molecule has 0 spiro atoms. The van der Waals surface area contributed by atoms with Crippen molar-refractivity contribution in [2.24, 2.45) is 7.05 Å². The molecule has 4 rings (SSSR count). The van der Waals surface area contributed by atoms with Gasteiger partial charge < -0.3 is 24.5 Å². The number of carbonyl (C=O) groups excluding carboxylic acids is 1. The molecule has 2 N–H and O–H groups in total. The summed E-state index contributed by atoms with van der Waals surface area (Å²) in [6, 6.07) is 7.59. The molecule has 0 bridgehead atoms. The monoisotopic (exact) mass is 671 g/mol. The molecule has 0 fully saturated rings. The minimum absolute atomic E-state index is 0.000870. The lowest BCUT2D eigenvalue weighted by molar-refractivity contribution is 0.0586. The van der Waals surface area contributed by atoms with Gasteiger partial charge in [0, 0.05) is 30.9 Å². The third-order valence-corrected chi connectivity index (χ3v) is 7.29. The molecule has 0 saturated heterocycles. The number of carboxylic acid groups (broad SMARTS) is 1. The third-order valence-electron chi connectivity index (χ3n) is 6.76. The van der Waals surface area contributed by atoms with Crippen LogP contribution >= 0.6 is 23.2 Å². The van der Waals surface area contributed by atoms with Gasteiger partial charge in [0.05, 0.1) is 30.7 Å². The number of carboxylic acids is 1. The van der Waals surface area contributed by atoms with Crippen LogP contribution in [0, 0.1) is 0 Å². The van der Waals surface area contributed by atoms with Gasteiger partial charge in [0.25, 0.3) is 5.56 Å². The van der Waals surface area contributed by atoms with Crippen LogP contribution in [0.5, 0.6) is 5.88 Å². The van der Waals surface area contributed by atoms with Gasteiger partial charge in [-0.25, -0.2) is 24.2 Å². The van der Waals surface area contributed by atoms with Crippen molar-refractivity contribution in [1.29, 1.82) is 0 Å². The number of amides is 1. The number of ether oxygens (including phenoxy) is 2. The van der Waals surface area contributed by atoms with Gasteiger partial charge in [0.15, 0.2) is 5.69 Å². The van der Waals surface area contributed by atoms with E-state index < -0.39 is 23.7 Å². The van der Waals surface area contributed by atoms with E-state index >= 15 is 0 Å². The molecule has 244 valence electrons. The van der Waals surface area contributed by atoms with Crippen LogP contribution in [0.3, 0.4) is 0 Å². The highest BCUT2D eigenvalue weighted by Crippen LogP contribution is 2.38. The normalized spacial score (nSPS) is 12.2. The summed E-state index contributed by atoms with van der Waals surface area (Å²) in [6.07, 6.45) is 2.29. The highest BCUT2D eigenvalue weighted by Gasteiger charge is 2.33. The van der Waals surface area contributed by atoms with Crippen molar-refractivity contribution in [1.82, 2.24) is 24.3 Å². The second-order valence-electron chi connectivity index (χ2n) is 11.7. The average molecular weight is 673 g/mol. The van der Waals surface area contributed by atoms with Gasteiger partial charge in [0.2, 0.25) is 11.8 Å². The summed E-state index contributed by atoms with van der Waals surface area (Å²) < 4.78 is 13.8. The van der Waals surface area contributed by atoms with Crippen LogP contribution in [-0.2, 0) is 11.8 Å². The Morgan fingerprint density at radius 3 is 2.33 bits per heavy atom. The van der Waals surface area contributed by atoms with Gasteiger partial charge in [-0.3, -0.25) is 4.79 Å². The largest absolute Gasteiger partial charge is 0.479 e. The maximum Gasteiger partial charge on any atom is 0.416 e. The third kappa shape index (κ3) is 7.26. The fourth-order valence-corrected chi connectivity index (χ4v) is 5.12. The fourth-order valence-electron chi connectivity index (χ4n) is 4.74. The molecule has 3 heterocycles. The summed E-state index contributed by atoms with van der Waals surface area (Å²) in [5.41, 5.74) is 0.838. The highest BCUT2D eigenvalue weighted by molar-refractivity contribution is 6.30. The molecule has 13 nitrogen and oxygen atoms in total. The number of aromatic nitrogens is 5. The Morgan fingerprint density at radius 1 is 1.13 bits per heavy atom. The predicted octanol–water partition coefficient (Wildman–Crippen LogP) is 6.07. The molecule has 0 aliphatic heterocycles. The molecule has 15 heteroatoms. The lowest BCUT2D eigenvalue weighted by Crippen LogP contribution is -2.35. The number of aryl methyl sites for hydroxylation is 1. The van der Waals surface area contributed by atoms with Gasteiger partial charge in [-0.05, 0) is 50.5 Å². The van der Waals surface area contributed by atoms with Crippen molar-refractivity contribution in [2.75, 3.05) is 24.4 Å². The van der Waals surface area contributed by atoms with E-state index in [9.17, 15) is 19.5 Å². The predicted molar refractivity (Wildman–Crippen MR) is 175 cm³/mol. The Balaban J connectivity index is 1.94. The minimum atomic E-state index is -1.28. The van der Waals surface area contributed by atoms with E-state index in [-0.39, 0.29) is 39.7 Å². The van der Waals surface area contributed by atoms with Gasteiger partial charge >= 0.3 is 12.1 Å². The Bertz CT molecular complexity index is 1800. The van der Waals surface area contributed by atoms with E-state index in [0.717, 1.165) is 4.90 Å². The molecule has 4 aromatic rings.